The maximum Gasteiger partial charge on any atom is 0.264 e. The number of benzene rings is 1. The van der Waals surface area contributed by atoms with Crippen molar-refractivity contribution in [3.8, 4) is 5.75 Å². The third-order valence-corrected chi connectivity index (χ3v) is 4.20. The van der Waals surface area contributed by atoms with Gasteiger partial charge in [-0.2, -0.15) is 5.10 Å². The lowest BCUT2D eigenvalue weighted by atomic mass is 10.0. The van der Waals surface area contributed by atoms with Gasteiger partial charge in [0.1, 0.15) is 5.75 Å². The highest BCUT2D eigenvalue weighted by molar-refractivity contribution is 9.10. The number of carbonyl (C=O) groups excluding carboxylic acids is 1. The Hall–Kier alpha value is -2.15. The molecule has 0 radical (unpaired) electrons. The molecule has 0 fully saturated rings. The van der Waals surface area contributed by atoms with E-state index in [2.05, 4.69) is 26.1 Å². The molecular weight excluding hydrogens is 350 g/mol. The van der Waals surface area contributed by atoms with E-state index in [4.69, 9.17) is 0 Å². The molecule has 1 aliphatic rings. The highest BCUT2D eigenvalue weighted by Gasteiger charge is 2.22. The van der Waals surface area contributed by atoms with E-state index in [1.807, 2.05) is 0 Å². The minimum atomic E-state index is -0.224. The van der Waals surface area contributed by atoms with Crippen molar-refractivity contribution in [2.24, 2.45) is 0 Å². The first-order chi connectivity index (χ1) is 10.5. The van der Waals surface area contributed by atoms with Crippen molar-refractivity contribution in [3.63, 3.8) is 0 Å². The van der Waals surface area contributed by atoms with Gasteiger partial charge in [0.15, 0.2) is 0 Å². The molecule has 1 aromatic carbocycles. The van der Waals surface area contributed by atoms with E-state index in [9.17, 15) is 14.7 Å². The standard InChI is InChI=1S/C15H14BrN3O3/c16-11-2-1-10(13(20)7-11)6-15(22)19-4-3-9-5-14(21)18-17-12(9)8-19/h1-2,5,7,20H,3-4,6,8H2,(H,18,21). The molecule has 22 heavy (non-hydrogen) atoms. The summed E-state index contributed by atoms with van der Waals surface area (Å²) >= 11 is 3.27. The Balaban J connectivity index is 1.74. The lowest BCUT2D eigenvalue weighted by Gasteiger charge is -2.27. The number of nitrogens with zero attached hydrogens (tertiary/aromatic N) is 2. The highest BCUT2D eigenvalue weighted by Crippen LogP contribution is 2.24. The van der Waals surface area contributed by atoms with Gasteiger partial charge in [-0.05, 0) is 24.1 Å². The van der Waals surface area contributed by atoms with Crippen LogP contribution in [0.3, 0.4) is 0 Å². The number of amides is 1. The van der Waals surface area contributed by atoms with Gasteiger partial charge in [-0.15, -0.1) is 0 Å². The number of hydrogen-bond donors (Lipinski definition) is 2. The molecule has 1 amide bonds. The third kappa shape index (κ3) is 3.04. The van der Waals surface area contributed by atoms with Crippen molar-refractivity contribution in [3.05, 3.63) is 55.9 Å². The van der Waals surface area contributed by atoms with E-state index in [1.165, 1.54) is 6.07 Å². The molecule has 7 heteroatoms. The van der Waals surface area contributed by atoms with Crippen LogP contribution in [0, 0.1) is 0 Å². The van der Waals surface area contributed by atoms with Crippen molar-refractivity contribution >= 4 is 21.8 Å². The molecule has 0 spiro atoms. The van der Waals surface area contributed by atoms with Crippen LogP contribution in [0.2, 0.25) is 0 Å². The number of aromatic hydroxyl groups is 1. The van der Waals surface area contributed by atoms with Crippen LogP contribution in [0.25, 0.3) is 0 Å². The first-order valence-corrected chi connectivity index (χ1v) is 7.65. The number of carbonyl (C=O) groups is 1. The maximum atomic E-state index is 12.4. The first-order valence-electron chi connectivity index (χ1n) is 6.85. The molecule has 1 aliphatic heterocycles. The zero-order valence-corrected chi connectivity index (χ0v) is 13.3. The molecule has 1 aromatic heterocycles. The fourth-order valence-corrected chi connectivity index (χ4v) is 2.86. The fraction of sp³-hybridized carbons (Fsp3) is 0.267. The lowest BCUT2D eigenvalue weighted by Crippen LogP contribution is -2.38. The van der Waals surface area contributed by atoms with Crippen LogP contribution < -0.4 is 5.56 Å². The number of aromatic nitrogens is 2. The van der Waals surface area contributed by atoms with Crippen LogP contribution in [0.15, 0.2) is 33.5 Å². The van der Waals surface area contributed by atoms with Gasteiger partial charge in [0.25, 0.3) is 5.56 Å². The van der Waals surface area contributed by atoms with Crippen LogP contribution in [0.1, 0.15) is 16.8 Å². The number of fused-ring (bicyclic) bond motifs is 1. The Labute approximate surface area is 134 Å². The van der Waals surface area contributed by atoms with Crippen LogP contribution in [0.5, 0.6) is 5.75 Å². The molecule has 2 aromatic rings. The van der Waals surface area contributed by atoms with Gasteiger partial charge >= 0.3 is 0 Å². The third-order valence-electron chi connectivity index (χ3n) is 3.71. The molecule has 0 aliphatic carbocycles. The Morgan fingerprint density at radius 3 is 3.00 bits per heavy atom. The molecule has 6 nitrogen and oxygen atoms in total. The molecule has 0 saturated heterocycles. The number of rotatable bonds is 2. The number of H-pyrrole nitrogens is 1. The monoisotopic (exact) mass is 363 g/mol. The second-order valence-electron chi connectivity index (χ2n) is 5.22. The molecule has 114 valence electrons. The Morgan fingerprint density at radius 1 is 1.41 bits per heavy atom. The highest BCUT2D eigenvalue weighted by atomic mass is 79.9. The molecule has 0 saturated carbocycles. The summed E-state index contributed by atoms with van der Waals surface area (Å²) in [5.74, 6) is 0.0267. The average Bonchev–Trinajstić information content (AvgIpc) is 2.49. The van der Waals surface area contributed by atoms with E-state index < -0.39 is 0 Å². The summed E-state index contributed by atoms with van der Waals surface area (Å²) in [5.41, 5.74) is 1.98. The number of hydrogen-bond acceptors (Lipinski definition) is 4. The SMILES string of the molecule is O=C(Cc1ccc(Br)cc1O)N1CCc2cc(=O)[nH]nc2C1. The number of phenols is 1. The number of aromatic amines is 1. The largest absolute Gasteiger partial charge is 0.508 e. The van der Waals surface area contributed by atoms with Gasteiger partial charge in [-0.1, -0.05) is 22.0 Å². The minimum absolute atomic E-state index is 0.0729. The molecule has 0 bridgehead atoms. The molecule has 2 N–H and O–H groups in total. The van der Waals surface area contributed by atoms with Crippen molar-refractivity contribution < 1.29 is 9.90 Å². The van der Waals surface area contributed by atoms with E-state index >= 15 is 0 Å². The molecule has 0 atom stereocenters. The quantitative estimate of drug-likeness (QED) is 0.843. The Bertz CT molecular complexity index is 788. The van der Waals surface area contributed by atoms with Crippen LogP contribution in [0.4, 0.5) is 0 Å². The van der Waals surface area contributed by atoms with Gasteiger partial charge in [0, 0.05) is 22.6 Å². The second kappa shape index (κ2) is 5.92. The fourth-order valence-electron chi connectivity index (χ4n) is 2.51. The summed E-state index contributed by atoms with van der Waals surface area (Å²) in [7, 11) is 0. The van der Waals surface area contributed by atoms with Gasteiger partial charge in [-0.25, -0.2) is 5.10 Å². The summed E-state index contributed by atoms with van der Waals surface area (Å²) in [4.78, 5) is 25.3. The Kier molecular flexibility index (Phi) is 3.98. The van der Waals surface area contributed by atoms with Gasteiger partial charge in [-0.3, -0.25) is 9.59 Å². The second-order valence-corrected chi connectivity index (χ2v) is 6.13. The number of halogens is 1. The normalized spacial score (nSPS) is 13.8. The van der Waals surface area contributed by atoms with E-state index in [1.54, 1.807) is 23.1 Å². The zero-order valence-electron chi connectivity index (χ0n) is 11.7. The summed E-state index contributed by atoms with van der Waals surface area (Å²) in [6.07, 6.45) is 0.752. The first kappa shape index (κ1) is 14.8. The maximum absolute atomic E-state index is 12.4. The van der Waals surface area contributed by atoms with Crippen molar-refractivity contribution in [1.29, 1.82) is 0 Å². The van der Waals surface area contributed by atoms with Crippen molar-refractivity contribution in [2.45, 2.75) is 19.4 Å². The van der Waals surface area contributed by atoms with E-state index in [-0.39, 0.29) is 23.6 Å². The van der Waals surface area contributed by atoms with E-state index in [0.717, 1.165) is 15.7 Å². The topological polar surface area (TPSA) is 86.3 Å². The smallest absolute Gasteiger partial charge is 0.264 e. The van der Waals surface area contributed by atoms with Crippen molar-refractivity contribution in [2.75, 3.05) is 6.54 Å². The molecule has 2 heterocycles. The average molecular weight is 364 g/mol. The van der Waals surface area contributed by atoms with Crippen LogP contribution in [-0.4, -0.2) is 32.7 Å². The van der Waals surface area contributed by atoms with Crippen LogP contribution >= 0.6 is 15.9 Å². The summed E-state index contributed by atoms with van der Waals surface area (Å²) in [5, 5.41) is 16.3. The molecule has 0 unspecified atom stereocenters. The zero-order chi connectivity index (χ0) is 15.7. The van der Waals surface area contributed by atoms with Gasteiger partial charge in [0.2, 0.25) is 5.91 Å². The molecule has 3 rings (SSSR count). The number of phenolic OH excluding ortho intramolecular Hbond substituents is 1. The van der Waals surface area contributed by atoms with Crippen LogP contribution in [-0.2, 0) is 24.2 Å². The molecular formula is C15H14BrN3O3. The number of nitrogens with one attached hydrogen (secondary N) is 1. The predicted molar refractivity (Wildman–Crippen MR) is 83.5 cm³/mol. The Morgan fingerprint density at radius 2 is 2.23 bits per heavy atom. The predicted octanol–water partition coefficient (Wildman–Crippen LogP) is 1.37. The lowest BCUT2D eigenvalue weighted by molar-refractivity contribution is -0.131. The van der Waals surface area contributed by atoms with Crippen molar-refractivity contribution in [1.82, 2.24) is 15.1 Å². The van der Waals surface area contributed by atoms with Gasteiger partial charge in [0.05, 0.1) is 18.7 Å². The summed E-state index contributed by atoms with van der Waals surface area (Å²) in [6, 6.07) is 6.62. The minimum Gasteiger partial charge on any atom is -0.508 e. The van der Waals surface area contributed by atoms with Gasteiger partial charge < -0.3 is 10.0 Å². The van der Waals surface area contributed by atoms with E-state index in [0.29, 0.717) is 25.1 Å². The summed E-state index contributed by atoms with van der Waals surface area (Å²) in [6.45, 7) is 0.927. The summed E-state index contributed by atoms with van der Waals surface area (Å²) < 4.78 is 0.765.